The van der Waals surface area contributed by atoms with Gasteiger partial charge in [0.1, 0.15) is 0 Å². The summed E-state index contributed by atoms with van der Waals surface area (Å²) in [7, 11) is -3.13. The van der Waals surface area contributed by atoms with Crippen molar-refractivity contribution in [3.8, 4) is 0 Å². The Hall–Kier alpha value is -0.820. The second-order valence-electron chi connectivity index (χ2n) is 7.75. The molecule has 1 heterocycles. The number of hydrogen-bond donors (Lipinski definition) is 1. The summed E-state index contributed by atoms with van der Waals surface area (Å²) < 4.78 is 23.8. The third-order valence-electron chi connectivity index (χ3n) is 4.89. The minimum atomic E-state index is -3.13. The molecule has 1 aliphatic heterocycles. The van der Waals surface area contributed by atoms with Crippen LogP contribution in [0.1, 0.15) is 48.0 Å². The highest BCUT2D eigenvalue weighted by molar-refractivity contribution is 7.92. The van der Waals surface area contributed by atoms with Crippen molar-refractivity contribution in [3.05, 3.63) is 0 Å². The van der Waals surface area contributed by atoms with Crippen molar-refractivity contribution in [3.63, 3.8) is 0 Å². The predicted octanol–water partition coefficient (Wildman–Crippen LogP) is 1.83. The van der Waals surface area contributed by atoms with Gasteiger partial charge in [0.25, 0.3) is 0 Å². The first-order chi connectivity index (χ1) is 11.6. The third-order valence-corrected chi connectivity index (χ3v) is 7.47. The molecular formula is C18H38N4O2S. The minimum absolute atomic E-state index is 0.0993. The highest BCUT2D eigenvalue weighted by Crippen LogP contribution is 2.18. The standard InChI is InChI=1S/C18H38N4O2S/c1-7-19-17(20-11-13-25(23,24)18(4,5)6)22-12-10-16(15-22)14-21(8-2)9-3/h16H,7-15H2,1-6H3,(H,19,20). The van der Waals surface area contributed by atoms with Crippen LogP contribution >= 0.6 is 0 Å². The summed E-state index contributed by atoms with van der Waals surface area (Å²) in [6, 6.07) is 0. The third kappa shape index (κ3) is 6.77. The summed E-state index contributed by atoms with van der Waals surface area (Å²) in [5.74, 6) is 1.61. The fourth-order valence-electron chi connectivity index (χ4n) is 3.02. The van der Waals surface area contributed by atoms with Crippen molar-refractivity contribution < 1.29 is 8.42 Å². The van der Waals surface area contributed by atoms with Crippen molar-refractivity contribution in [1.29, 1.82) is 0 Å². The summed E-state index contributed by atoms with van der Waals surface area (Å²) in [6.45, 7) is 18.1. The van der Waals surface area contributed by atoms with E-state index in [9.17, 15) is 8.42 Å². The monoisotopic (exact) mass is 374 g/mol. The molecule has 0 aromatic heterocycles. The number of guanidine groups is 1. The van der Waals surface area contributed by atoms with E-state index in [0.717, 1.165) is 45.2 Å². The van der Waals surface area contributed by atoms with E-state index in [2.05, 4.69) is 34.0 Å². The molecule has 6 nitrogen and oxygen atoms in total. The molecule has 0 aromatic rings. The molecule has 0 aliphatic carbocycles. The summed E-state index contributed by atoms with van der Waals surface area (Å²) >= 11 is 0. The number of nitrogens with zero attached hydrogens (tertiary/aromatic N) is 3. The maximum Gasteiger partial charge on any atom is 0.193 e. The van der Waals surface area contributed by atoms with Crippen molar-refractivity contribution in [1.82, 2.24) is 15.1 Å². The van der Waals surface area contributed by atoms with Crippen LogP contribution in [0.5, 0.6) is 0 Å². The molecular weight excluding hydrogens is 336 g/mol. The number of aliphatic imine (C=N–C) groups is 1. The van der Waals surface area contributed by atoms with Gasteiger partial charge in [-0.3, -0.25) is 4.99 Å². The van der Waals surface area contributed by atoms with Crippen LogP contribution in [0, 0.1) is 5.92 Å². The van der Waals surface area contributed by atoms with E-state index >= 15 is 0 Å². The molecule has 7 heteroatoms. The van der Waals surface area contributed by atoms with Crippen molar-refractivity contribution in [2.75, 3.05) is 51.6 Å². The minimum Gasteiger partial charge on any atom is -0.357 e. The highest BCUT2D eigenvalue weighted by atomic mass is 32.2. The molecule has 0 spiro atoms. The molecule has 0 aromatic carbocycles. The highest BCUT2D eigenvalue weighted by Gasteiger charge is 2.29. The molecule has 1 fully saturated rings. The Morgan fingerprint density at radius 3 is 2.40 bits per heavy atom. The Morgan fingerprint density at radius 1 is 1.24 bits per heavy atom. The van der Waals surface area contributed by atoms with E-state index in [1.54, 1.807) is 20.8 Å². The average molecular weight is 375 g/mol. The normalized spacial score (nSPS) is 19.7. The van der Waals surface area contributed by atoms with E-state index in [4.69, 9.17) is 0 Å². The number of nitrogens with one attached hydrogen (secondary N) is 1. The number of likely N-dealkylation sites (tertiary alicyclic amines) is 1. The second kappa shape index (κ2) is 9.76. The Balaban J connectivity index is 2.65. The predicted molar refractivity (Wildman–Crippen MR) is 107 cm³/mol. The second-order valence-corrected chi connectivity index (χ2v) is 10.6. The average Bonchev–Trinajstić information content (AvgIpc) is 2.99. The molecule has 1 N–H and O–H groups in total. The van der Waals surface area contributed by atoms with E-state index in [0.29, 0.717) is 12.5 Å². The number of rotatable bonds is 8. The zero-order valence-electron chi connectivity index (χ0n) is 17.0. The number of sulfone groups is 1. The fourth-order valence-corrected chi connectivity index (χ4v) is 3.97. The van der Waals surface area contributed by atoms with Gasteiger partial charge in [-0.05, 0) is 53.1 Å². The maximum atomic E-state index is 12.2. The summed E-state index contributed by atoms with van der Waals surface area (Å²) in [4.78, 5) is 9.33. The molecule has 1 rings (SSSR count). The molecule has 1 aliphatic rings. The lowest BCUT2D eigenvalue weighted by Gasteiger charge is -2.24. The van der Waals surface area contributed by atoms with Crippen molar-refractivity contribution >= 4 is 15.8 Å². The van der Waals surface area contributed by atoms with E-state index in [1.807, 2.05) is 6.92 Å². The Bertz CT molecular complexity index is 522. The van der Waals surface area contributed by atoms with Gasteiger partial charge in [-0.25, -0.2) is 8.42 Å². The van der Waals surface area contributed by atoms with E-state index in [-0.39, 0.29) is 5.75 Å². The largest absolute Gasteiger partial charge is 0.357 e. The molecule has 148 valence electrons. The van der Waals surface area contributed by atoms with Gasteiger partial charge in [0.05, 0.1) is 17.0 Å². The lowest BCUT2D eigenvalue weighted by atomic mass is 10.1. The van der Waals surface area contributed by atoms with Gasteiger partial charge in [-0.2, -0.15) is 0 Å². The lowest BCUT2D eigenvalue weighted by Crippen LogP contribution is -2.41. The SMILES string of the molecule is CCNC(=NCCS(=O)(=O)C(C)(C)C)N1CCC(CN(CC)CC)C1. The van der Waals surface area contributed by atoms with Crippen LogP contribution in [0.15, 0.2) is 4.99 Å². The Morgan fingerprint density at radius 2 is 1.88 bits per heavy atom. The van der Waals surface area contributed by atoms with Crippen LogP contribution in [-0.4, -0.2) is 80.5 Å². The van der Waals surface area contributed by atoms with Crippen LogP contribution < -0.4 is 5.32 Å². The molecule has 1 saturated heterocycles. The fraction of sp³-hybridized carbons (Fsp3) is 0.944. The van der Waals surface area contributed by atoms with Gasteiger partial charge in [0, 0.05) is 26.2 Å². The van der Waals surface area contributed by atoms with Gasteiger partial charge in [0.2, 0.25) is 0 Å². The summed E-state index contributed by atoms with van der Waals surface area (Å²) in [5, 5.41) is 3.32. The van der Waals surface area contributed by atoms with E-state index < -0.39 is 14.6 Å². The number of hydrogen-bond acceptors (Lipinski definition) is 4. The Kier molecular flexibility index (Phi) is 8.68. The summed E-state index contributed by atoms with van der Waals surface area (Å²) in [6.07, 6.45) is 1.17. The molecule has 25 heavy (non-hydrogen) atoms. The maximum absolute atomic E-state index is 12.2. The van der Waals surface area contributed by atoms with Crippen LogP contribution in [-0.2, 0) is 9.84 Å². The first-order valence-electron chi connectivity index (χ1n) is 9.62. The molecule has 0 amide bonds. The van der Waals surface area contributed by atoms with Crippen molar-refractivity contribution in [2.45, 2.75) is 52.7 Å². The van der Waals surface area contributed by atoms with Gasteiger partial charge in [0.15, 0.2) is 15.8 Å². The van der Waals surface area contributed by atoms with Crippen molar-refractivity contribution in [2.24, 2.45) is 10.9 Å². The molecule has 0 saturated carbocycles. The van der Waals surface area contributed by atoms with Gasteiger partial charge in [-0.1, -0.05) is 13.8 Å². The smallest absolute Gasteiger partial charge is 0.193 e. The van der Waals surface area contributed by atoms with Gasteiger partial charge in [-0.15, -0.1) is 0 Å². The van der Waals surface area contributed by atoms with Gasteiger partial charge < -0.3 is 15.1 Å². The first-order valence-corrected chi connectivity index (χ1v) is 11.3. The summed E-state index contributed by atoms with van der Waals surface area (Å²) in [5.41, 5.74) is 0. The van der Waals surface area contributed by atoms with Crippen LogP contribution in [0.25, 0.3) is 0 Å². The van der Waals surface area contributed by atoms with Gasteiger partial charge >= 0.3 is 0 Å². The van der Waals surface area contributed by atoms with Crippen LogP contribution in [0.2, 0.25) is 0 Å². The first kappa shape index (κ1) is 22.2. The molecule has 0 bridgehead atoms. The van der Waals surface area contributed by atoms with Crippen LogP contribution in [0.4, 0.5) is 0 Å². The Labute approximate surface area is 155 Å². The molecule has 0 radical (unpaired) electrons. The zero-order valence-corrected chi connectivity index (χ0v) is 17.8. The zero-order chi connectivity index (χ0) is 19.1. The molecule has 1 unspecified atom stereocenters. The molecule has 1 atom stereocenters. The lowest BCUT2D eigenvalue weighted by molar-refractivity contribution is 0.255. The van der Waals surface area contributed by atoms with Crippen LogP contribution in [0.3, 0.4) is 0 Å². The quantitative estimate of drug-likeness (QED) is 0.519. The topological polar surface area (TPSA) is 65.0 Å². The van der Waals surface area contributed by atoms with E-state index in [1.165, 1.54) is 6.42 Å².